The van der Waals surface area contributed by atoms with Crippen LogP contribution in [0.5, 0.6) is 11.5 Å². The first-order chi connectivity index (χ1) is 19.0. The fraction of sp³-hybridized carbons (Fsp3) is 0.281. The van der Waals surface area contributed by atoms with Gasteiger partial charge in [0.05, 0.1) is 35.5 Å². The van der Waals surface area contributed by atoms with Crippen LogP contribution < -0.4 is 14.4 Å². The molecular weight excluding hydrogens is 524 g/mol. The molecular formula is C32H32N2O5S. The topological polar surface area (TPSA) is 89.0 Å². The van der Waals surface area contributed by atoms with Crippen molar-refractivity contribution in [2.75, 3.05) is 18.6 Å². The minimum atomic E-state index is -0.855. The smallest absolute Gasteiger partial charge is 0.301 e. The Labute approximate surface area is 237 Å². The van der Waals surface area contributed by atoms with Crippen molar-refractivity contribution in [3.05, 3.63) is 88.5 Å². The lowest BCUT2D eigenvalue weighted by atomic mass is 9.84. The second-order valence-corrected chi connectivity index (χ2v) is 11.8. The van der Waals surface area contributed by atoms with Crippen molar-refractivity contribution in [3.8, 4) is 11.5 Å². The van der Waals surface area contributed by atoms with Crippen molar-refractivity contribution in [1.29, 1.82) is 0 Å². The lowest BCUT2D eigenvalue weighted by molar-refractivity contribution is -0.132. The quantitative estimate of drug-likeness (QED) is 0.157. The van der Waals surface area contributed by atoms with E-state index < -0.39 is 17.7 Å². The molecule has 1 aliphatic heterocycles. The van der Waals surface area contributed by atoms with E-state index in [0.29, 0.717) is 39.9 Å². The molecule has 206 valence electrons. The van der Waals surface area contributed by atoms with Gasteiger partial charge in [0.25, 0.3) is 5.78 Å². The Balaban J connectivity index is 1.72. The number of fused-ring (bicyclic) bond motifs is 1. The monoisotopic (exact) mass is 556 g/mol. The van der Waals surface area contributed by atoms with Crippen LogP contribution in [0, 0.1) is 6.92 Å². The maximum absolute atomic E-state index is 13.7. The molecule has 1 aromatic heterocycles. The molecule has 0 aliphatic carbocycles. The Hall–Kier alpha value is -4.17. The summed E-state index contributed by atoms with van der Waals surface area (Å²) in [5.74, 6) is -0.339. The highest BCUT2D eigenvalue weighted by atomic mass is 32.1. The number of anilines is 1. The first-order valence-corrected chi connectivity index (χ1v) is 13.9. The van der Waals surface area contributed by atoms with Crippen molar-refractivity contribution < 1.29 is 24.2 Å². The third-order valence-electron chi connectivity index (χ3n) is 6.95. The zero-order chi connectivity index (χ0) is 28.8. The summed E-state index contributed by atoms with van der Waals surface area (Å²) < 4.78 is 12.0. The van der Waals surface area contributed by atoms with Crippen LogP contribution in [0.1, 0.15) is 56.0 Å². The Kier molecular flexibility index (Phi) is 7.14. The predicted molar refractivity (Wildman–Crippen MR) is 158 cm³/mol. The first-order valence-electron chi connectivity index (χ1n) is 13.1. The molecule has 1 unspecified atom stereocenters. The molecule has 5 rings (SSSR count). The average molecular weight is 557 g/mol. The molecule has 3 aromatic carbocycles. The highest BCUT2D eigenvalue weighted by Crippen LogP contribution is 2.45. The number of hydrogen-bond donors (Lipinski definition) is 1. The number of benzene rings is 3. The fourth-order valence-corrected chi connectivity index (χ4v) is 6.03. The molecule has 1 amide bonds. The largest absolute Gasteiger partial charge is 0.507 e. The molecule has 0 spiro atoms. The van der Waals surface area contributed by atoms with Gasteiger partial charge in [-0.1, -0.05) is 61.9 Å². The molecule has 0 saturated carbocycles. The summed E-state index contributed by atoms with van der Waals surface area (Å²) in [4.78, 5) is 33.4. The lowest BCUT2D eigenvalue weighted by Crippen LogP contribution is -2.29. The molecule has 8 heteroatoms. The number of thiazole rings is 1. The van der Waals surface area contributed by atoms with Gasteiger partial charge in [-0.25, -0.2) is 4.98 Å². The minimum Gasteiger partial charge on any atom is -0.507 e. The summed E-state index contributed by atoms with van der Waals surface area (Å²) >= 11 is 1.30. The molecule has 1 aliphatic rings. The van der Waals surface area contributed by atoms with E-state index in [4.69, 9.17) is 14.5 Å². The van der Waals surface area contributed by atoms with Gasteiger partial charge < -0.3 is 14.6 Å². The SMILES string of the molecule is CCOc1ccc(/C(O)=C2\C(=O)C(=O)N(c3nc4ccc(OC)cc4s3)C2c2cccc(C)c2)cc1C(C)(C)C. The number of Topliss-reactive ketones (excluding diaryl/α,β-unsaturated/α-hetero) is 1. The number of methoxy groups -OCH3 is 1. The summed E-state index contributed by atoms with van der Waals surface area (Å²) in [5, 5.41) is 12.1. The molecule has 2 heterocycles. The van der Waals surface area contributed by atoms with Crippen LogP contribution in [0.3, 0.4) is 0 Å². The van der Waals surface area contributed by atoms with Crippen LogP contribution in [0.2, 0.25) is 0 Å². The van der Waals surface area contributed by atoms with Crippen LogP contribution in [0.4, 0.5) is 5.13 Å². The highest BCUT2D eigenvalue weighted by Gasteiger charge is 2.48. The minimum absolute atomic E-state index is 0.0245. The van der Waals surface area contributed by atoms with Crippen LogP contribution in [-0.4, -0.2) is 35.5 Å². The Morgan fingerprint density at radius 3 is 2.52 bits per heavy atom. The number of ketones is 1. The summed E-state index contributed by atoms with van der Waals surface area (Å²) in [7, 11) is 1.59. The van der Waals surface area contributed by atoms with E-state index in [0.717, 1.165) is 15.8 Å². The summed E-state index contributed by atoms with van der Waals surface area (Å²) in [6, 6.07) is 17.6. The summed E-state index contributed by atoms with van der Waals surface area (Å²) in [6.45, 7) is 10.5. The summed E-state index contributed by atoms with van der Waals surface area (Å²) in [6.07, 6.45) is 0. The number of aliphatic hydroxyl groups is 1. The first kappa shape index (κ1) is 27.4. The van der Waals surface area contributed by atoms with Gasteiger partial charge in [-0.15, -0.1) is 0 Å². The third kappa shape index (κ3) is 4.84. The highest BCUT2D eigenvalue weighted by molar-refractivity contribution is 7.22. The van der Waals surface area contributed by atoms with Crippen LogP contribution in [0.15, 0.2) is 66.2 Å². The van der Waals surface area contributed by atoms with E-state index in [-0.39, 0.29) is 16.7 Å². The summed E-state index contributed by atoms with van der Waals surface area (Å²) in [5.41, 5.74) is 3.43. The van der Waals surface area contributed by atoms with Crippen LogP contribution in [-0.2, 0) is 15.0 Å². The van der Waals surface area contributed by atoms with Crippen molar-refractivity contribution in [3.63, 3.8) is 0 Å². The van der Waals surface area contributed by atoms with Crippen molar-refractivity contribution in [2.45, 2.75) is 46.1 Å². The zero-order valence-corrected chi connectivity index (χ0v) is 24.3. The predicted octanol–water partition coefficient (Wildman–Crippen LogP) is 6.94. The second kappa shape index (κ2) is 10.4. The maximum atomic E-state index is 13.7. The zero-order valence-electron chi connectivity index (χ0n) is 23.4. The Bertz CT molecular complexity index is 1660. The van der Waals surface area contributed by atoms with Crippen LogP contribution >= 0.6 is 11.3 Å². The van der Waals surface area contributed by atoms with Crippen molar-refractivity contribution in [2.24, 2.45) is 0 Å². The molecule has 0 bridgehead atoms. The van der Waals surface area contributed by atoms with Crippen molar-refractivity contribution in [1.82, 2.24) is 4.98 Å². The normalized spacial score (nSPS) is 17.1. The van der Waals surface area contributed by atoms with E-state index in [1.54, 1.807) is 25.3 Å². The molecule has 40 heavy (non-hydrogen) atoms. The van der Waals surface area contributed by atoms with Gasteiger partial charge >= 0.3 is 5.91 Å². The van der Waals surface area contributed by atoms with Gasteiger partial charge in [-0.05, 0) is 61.2 Å². The average Bonchev–Trinajstić information content (AvgIpc) is 3.45. The van der Waals surface area contributed by atoms with E-state index in [1.165, 1.54) is 16.2 Å². The molecule has 0 radical (unpaired) electrons. The van der Waals surface area contributed by atoms with Gasteiger partial charge in [0, 0.05) is 11.1 Å². The van der Waals surface area contributed by atoms with Gasteiger partial charge in [0.1, 0.15) is 17.3 Å². The van der Waals surface area contributed by atoms with Gasteiger partial charge in [0.2, 0.25) is 0 Å². The van der Waals surface area contributed by atoms with Crippen molar-refractivity contribution >= 4 is 44.1 Å². The number of ether oxygens (including phenoxy) is 2. The molecule has 1 N–H and O–H groups in total. The molecule has 1 atom stereocenters. The Morgan fingerprint density at radius 1 is 1.07 bits per heavy atom. The van der Waals surface area contributed by atoms with Gasteiger partial charge in [0.15, 0.2) is 5.13 Å². The van der Waals surface area contributed by atoms with Gasteiger partial charge in [-0.2, -0.15) is 0 Å². The number of aryl methyl sites for hydroxylation is 1. The maximum Gasteiger partial charge on any atom is 0.301 e. The fourth-order valence-electron chi connectivity index (χ4n) is 5.01. The van der Waals surface area contributed by atoms with Crippen LogP contribution in [0.25, 0.3) is 16.0 Å². The number of hydrogen-bond acceptors (Lipinski definition) is 7. The lowest BCUT2D eigenvalue weighted by Gasteiger charge is -2.25. The number of amides is 1. The number of rotatable bonds is 6. The molecule has 4 aromatic rings. The van der Waals surface area contributed by atoms with Gasteiger partial charge in [-0.3, -0.25) is 14.5 Å². The number of aromatic nitrogens is 1. The second-order valence-electron chi connectivity index (χ2n) is 10.8. The van der Waals surface area contributed by atoms with E-state index in [1.807, 2.05) is 56.3 Å². The van der Waals surface area contributed by atoms with E-state index >= 15 is 0 Å². The van der Waals surface area contributed by atoms with E-state index in [9.17, 15) is 14.7 Å². The number of carbonyl (C=O) groups excluding carboxylic acids is 2. The number of carbonyl (C=O) groups is 2. The Morgan fingerprint density at radius 2 is 1.85 bits per heavy atom. The van der Waals surface area contributed by atoms with E-state index in [2.05, 4.69) is 20.8 Å². The number of nitrogens with zero attached hydrogens (tertiary/aromatic N) is 2. The number of aliphatic hydroxyl groups excluding tert-OH is 1. The standard InChI is InChI=1S/C32H32N2O5S/c1-7-39-24-14-11-20(16-22(24)32(3,4)5)28(35)26-27(19-10-8-9-18(2)15-19)34(30(37)29(26)36)31-33-23-13-12-21(38-6)17-25(23)40-31/h8-17,27,35H,7H2,1-6H3/b28-26+. The molecule has 1 saturated heterocycles. The molecule has 1 fully saturated rings. The molecule has 7 nitrogen and oxygen atoms in total. The third-order valence-corrected chi connectivity index (χ3v) is 7.97.